The summed E-state index contributed by atoms with van der Waals surface area (Å²) < 4.78 is 18.7. The monoisotopic (exact) mass is 324 g/mol. The molecule has 0 saturated heterocycles. The highest BCUT2D eigenvalue weighted by molar-refractivity contribution is 6.30. The van der Waals surface area contributed by atoms with Gasteiger partial charge < -0.3 is 10.1 Å². The largest absolute Gasteiger partial charge is 0.484 e. The number of non-ortho nitro benzene ring substituents is 1. The topological polar surface area (TPSA) is 81.5 Å². The molecule has 1 amide bonds. The first-order chi connectivity index (χ1) is 10.5. The first kappa shape index (κ1) is 15.7. The standard InChI is InChI=1S/C14H10ClFN2O4/c15-9-2-1-3-11(6-9)22-8-14(19)17-13-7-10(18(20)21)4-5-12(13)16/h1-7H,8H2,(H,17,19). The third-order valence-corrected chi connectivity index (χ3v) is 2.84. The molecular weight excluding hydrogens is 315 g/mol. The summed E-state index contributed by atoms with van der Waals surface area (Å²) in [4.78, 5) is 21.6. The summed E-state index contributed by atoms with van der Waals surface area (Å²) in [6.07, 6.45) is 0. The van der Waals surface area contributed by atoms with Gasteiger partial charge in [-0.2, -0.15) is 0 Å². The van der Waals surface area contributed by atoms with Crippen molar-refractivity contribution < 1.29 is 18.8 Å². The molecule has 0 heterocycles. The quantitative estimate of drug-likeness (QED) is 0.675. The molecule has 0 saturated carbocycles. The maximum atomic E-state index is 13.5. The van der Waals surface area contributed by atoms with E-state index >= 15 is 0 Å². The third-order valence-electron chi connectivity index (χ3n) is 2.60. The van der Waals surface area contributed by atoms with Crippen molar-refractivity contribution in [3.8, 4) is 5.75 Å². The van der Waals surface area contributed by atoms with Crippen LogP contribution in [-0.4, -0.2) is 17.4 Å². The van der Waals surface area contributed by atoms with Gasteiger partial charge in [0.25, 0.3) is 11.6 Å². The average Bonchev–Trinajstić information content (AvgIpc) is 2.47. The number of benzene rings is 2. The van der Waals surface area contributed by atoms with Gasteiger partial charge in [-0.3, -0.25) is 14.9 Å². The lowest BCUT2D eigenvalue weighted by atomic mass is 10.2. The van der Waals surface area contributed by atoms with Crippen molar-refractivity contribution in [2.75, 3.05) is 11.9 Å². The highest BCUT2D eigenvalue weighted by atomic mass is 35.5. The lowest BCUT2D eigenvalue weighted by molar-refractivity contribution is -0.384. The fourth-order valence-electron chi connectivity index (χ4n) is 1.61. The van der Waals surface area contributed by atoms with E-state index in [1.165, 1.54) is 6.07 Å². The number of nitrogens with one attached hydrogen (secondary N) is 1. The first-order valence-electron chi connectivity index (χ1n) is 6.08. The molecule has 0 fully saturated rings. The minimum Gasteiger partial charge on any atom is -0.484 e. The van der Waals surface area contributed by atoms with E-state index in [4.69, 9.17) is 16.3 Å². The van der Waals surface area contributed by atoms with Crippen LogP contribution < -0.4 is 10.1 Å². The van der Waals surface area contributed by atoms with Crippen LogP contribution in [-0.2, 0) is 4.79 Å². The maximum absolute atomic E-state index is 13.5. The summed E-state index contributed by atoms with van der Waals surface area (Å²) in [6, 6.07) is 9.27. The van der Waals surface area contributed by atoms with Gasteiger partial charge in [-0.25, -0.2) is 4.39 Å². The Morgan fingerprint density at radius 3 is 2.77 bits per heavy atom. The highest BCUT2D eigenvalue weighted by Gasteiger charge is 2.13. The Labute approximate surface area is 129 Å². The minimum absolute atomic E-state index is 0.283. The maximum Gasteiger partial charge on any atom is 0.271 e. The number of nitrogens with zero attached hydrogens (tertiary/aromatic N) is 1. The number of amides is 1. The fourth-order valence-corrected chi connectivity index (χ4v) is 1.79. The number of carbonyl (C=O) groups is 1. The van der Waals surface area contributed by atoms with Crippen LogP contribution >= 0.6 is 11.6 Å². The van der Waals surface area contributed by atoms with Gasteiger partial charge in [-0.1, -0.05) is 17.7 Å². The molecule has 114 valence electrons. The number of hydrogen-bond acceptors (Lipinski definition) is 4. The van der Waals surface area contributed by atoms with Crippen molar-refractivity contribution in [3.05, 3.63) is 63.4 Å². The lowest BCUT2D eigenvalue weighted by Crippen LogP contribution is -2.20. The molecule has 0 aliphatic heterocycles. The van der Waals surface area contributed by atoms with Crippen LogP contribution in [0.25, 0.3) is 0 Å². The number of rotatable bonds is 5. The lowest BCUT2D eigenvalue weighted by Gasteiger charge is -2.08. The van der Waals surface area contributed by atoms with E-state index in [2.05, 4.69) is 5.32 Å². The second kappa shape index (κ2) is 6.86. The molecule has 0 aromatic heterocycles. The van der Waals surface area contributed by atoms with Crippen LogP contribution in [0.2, 0.25) is 5.02 Å². The molecule has 0 aliphatic rings. The highest BCUT2D eigenvalue weighted by Crippen LogP contribution is 2.21. The van der Waals surface area contributed by atoms with E-state index in [-0.39, 0.29) is 18.0 Å². The van der Waals surface area contributed by atoms with Crippen molar-refractivity contribution in [1.29, 1.82) is 0 Å². The zero-order chi connectivity index (χ0) is 16.1. The number of anilines is 1. The number of nitro benzene ring substituents is 1. The van der Waals surface area contributed by atoms with Crippen molar-refractivity contribution in [2.45, 2.75) is 0 Å². The molecule has 0 unspecified atom stereocenters. The average molecular weight is 325 g/mol. The molecule has 1 N–H and O–H groups in total. The number of nitro groups is 1. The molecule has 6 nitrogen and oxygen atoms in total. The molecular formula is C14H10ClFN2O4. The van der Waals surface area contributed by atoms with Gasteiger partial charge in [-0.05, 0) is 24.3 Å². The summed E-state index contributed by atoms with van der Waals surface area (Å²) in [6.45, 7) is -0.386. The Kier molecular flexibility index (Phi) is 4.90. The molecule has 2 aromatic rings. The van der Waals surface area contributed by atoms with Gasteiger partial charge in [0.2, 0.25) is 0 Å². The van der Waals surface area contributed by atoms with Gasteiger partial charge >= 0.3 is 0 Å². The normalized spacial score (nSPS) is 10.1. The first-order valence-corrected chi connectivity index (χ1v) is 6.45. The Morgan fingerprint density at radius 2 is 2.09 bits per heavy atom. The second-order valence-electron chi connectivity index (χ2n) is 4.22. The van der Waals surface area contributed by atoms with Crippen LogP contribution in [0.3, 0.4) is 0 Å². The zero-order valence-electron chi connectivity index (χ0n) is 11.1. The van der Waals surface area contributed by atoms with E-state index in [9.17, 15) is 19.3 Å². The van der Waals surface area contributed by atoms with Crippen molar-refractivity contribution in [1.82, 2.24) is 0 Å². The van der Waals surface area contributed by atoms with E-state index in [0.29, 0.717) is 10.8 Å². The van der Waals surface area contributed by atoms with Crippen LogP contribution in [0.4, 0.5) is 15.8 Å². The molecule has 0 radical (unpaired) electrons. The minimum atomic E-state index is -0.776. The molecule has 0 aliphatic carbocycles. The Balaban J connectivity index is 2.00. The van der Waals surface area contributed by atoms with Crippen LogP contribution in [0, 0.1) is 15.9 Å². The van der Waals surface area contributed by atoms with E-state index in [1.807, 2.05) is 0 Å². The number of ether oxygens (including phenoxy) is 1. The number of halogens is 2. The van der Waals surface area contributed by atoms with Crippen LogP contribution in [0.15, 0.2) is 42.5 Å². The Morgan fingerprint density at radius 1 is 1.32 bits per heavy atom. The zero-order valence-corrected chi connectivity index (χ0v) is 11.8. The molecule has 0 atom stereocenters. The van der Waals surface area contributed by atoms with Gasteiger partial charge in [0.05, 0.1) is 10.6 Å². The predicted octanol–water partition coefficient (Wildman–Crippen LogP) is 3.40. The molecule has 2 rings (SSSR count). The van der Waals surface area contributed by atoms with Gasteiger partial charge in [0.15, 0.2) is 6.61 Å². The van der Waals surface area contributed by atoms with Crippen molar-refractivity contribution in [2.24, 2.45) is 0 Å². The smallest absolute Gasteiger partial charge is 0.271 e. The number of hydrogen-bond donors (Lipinski definition) is 1. The van der Waals surface area contributed by atoms with Gasteiger partial charge in [0, 0.05) is 17.2 Å². The fraction of sp³-hybridized carbons (Fsp3) is 0.0714. The summed E-state index contributed by atoms with van der Waals surface area (Å²) in [5.41, 5.74) is -0.610. The van der Waals surface area contributed by atoms with E-state index in [1.54, 1.807) is 18.2 Å². The Bertz CT molecular complexity index is 724. The van der Waals surface area contributed by atoms with Crippen molar-refractivity contribution >= 4 is 28.9 Å². The molecule has 22 heavy (non-hydrogen) atoms. The second-order valence-corrected chi connectivity index (χ2v) is 4.65. The summed E-state index contributed by atoms with van der Waals surface area (Å²) >= 11 is 5.76. The van der Waals surface area contributed by atoms with E-state index in [0.717, 1.165) is 18.2 Å². The summed E-state index contributed by atoms with van der Waals surface area (Å²) in [7, 11) is 0. The van der Waals surface area contributed by atoms with Gasteiger partial charge in [0.1, 0.15) is 11.6 Å². The molecule has 8 heteroatoms. The Hall–Kier alpha value is -2.67. The van der Waals surface area contributed by atoms with Crippen molar-refractivity contribution in [3.63, 3.8) is 0 Å². The van der Waals surface area contributed by atoms with Gasteiger partial charge in [-0.15, -0.1) is 0 Å². The summed E-state index contributed by atoms with van der Waals surface area (Å²) in [5, 5.41) is 13.3. The predicted molar refractivity (Wildman–Crippen MR) is 78.6 cm³/mol. The summed E-state index contributed by atoms with van der Waals surface area (Å²) in [5.74, 6) is -1.05. The number of carbonyl (C=O) groups excluding carboxylic acids is 1. The van der Waals surface area contributed by atoms with Crippen LogP contribution in [0.5, 0.6) is 5.75 Å². The van der Waals surface area contributed by atoms with E-state index < -0.39 is 16.6 Å². The SMILES string of the molecule is O=C(COc1cccc(Cl)c1)Nc1cc([N+](=O)[O-])ccc1F. The van der Waals surface area contributed by atoms with Crippen LogP contribution in [0.1, 0.15) is 0 Å². The molecule has 0 spiro atoms. The third kappa shape index (κ3) is 4.16. The molecule has 2 aromatic carbocycles. The molecule has 0 bridgehead atoms.